The number of halogens is 1. The van der Waals surface area contributed by atoms with Crippen LogP contribution in [0, 0.1) is 0 Å². The number of fused-ring (bicyclic) bond motifs is 1. The van der Waals surface area contributed by atoms with Gasteiger partial charge in [0.15, 0.2) is 5.06 Å². The van der Waals surface area contributed by atoms with Crippen LogP contribution in [-0.2, 0) is 13.0 Å². The molecule has 9 heteroatoms. The smallest absolute Gasteiger partial charge is 0.399 e. The van der Waals surface area contributed by atoms with E-state index in [-0.39, 0.29) is 19.0 Å². The van der Waals surface area contributed by atoms with Gasteiger partial charge in [-0.3, -0.25) is 4.79 Å². The summed E-state index contributed by atoms with van der Waals surface area (Å²) in [5, 5.41) is 13.3. The first-order valence-corrected chi connectivity index (χ1v) is 10.6. The van der Waals surface area contributed by atoms with Crippen LogP contribution < -0.4 is 10.1 Å². The number of likely N-dealkylation sites (tertiary alicyclic amines) is 1. The number of rotatable bonds is 3. The van der Waals surface area contributed by atoms with Crippen molar-refractivity contribution in [1.82, 2.24) is 15.1 Å². The molecule has 2 aromatic rings. The first-order valence-electron chi connectivity index (χ1n) is 9.40. The lowest BCUT2D eigenvalue weighted by Crippen LogP contribution is -2.44. The molecule has 3 heterocycles. The summed E-state index contributed by atoms with van der Waals surface area (Å²) in [6.45, 7) is 2.24. The van der Waals surface area contributed by atoms with Crippen molar-refractivity contribution in [3.05, 3.63) is 51.4 Å². The number of benzene rings is 1. The van der Waals surface area contributed by atoms with Gasteiger partial charge < -0.3 is 25.0 Å². The quantitative estimate of drug-likeness (QED) is 0.773. The number of aliphatic hydroxyl groups excluding tert-OH is 1. The molecule has 4 rings (SSSR count). The highest BCUT2D eigenvalue weighted by Gasteiger charge is 2.36. The molecule has 1 aromatic heterocycles. The Bertz CT molecular complexity index is 934. The first kappa shape index (κ1) is 20.2. The number of hydrogen-bond donors (Lipinski definition) is 2. The summed E-state index contributed by atoms with van der Waals surface area (Å²) in [7, 11) is 2.08. The van der Waals surface area contributed by atoms with Crippen LogP contribution in [0.3, 0.4) is 0 Å². The van der Waals surface area contributed by atoms with Crippen LogP contribution in [0.4, 0.5) is 4.79 Å². The fourth-order valence-corrected chi connectivity index (χ4v) is 4.60. The summed E-state index contributed by atoms with van der Waals surface area (Å²) >= 11 is 6.96. The molecule has 0 spiro atoms. The number of carbonyl (C=O) groups excluding carboxylic acids is 2. The van der Waals surface area contributed by atoms with Crippen LogP contribution in [0.5, 0.6) is 5.06 Å². The zero-order valence-corrected chi connectivity index (χ0v) is 17.5. The Morgan fingerprint density at radius 2 is 2.07 bits per heavy atom. The number of thiophene rings is 1. The average molecular weight is 436 g/mol. The van der Waals surface area contributed by atoms with Gasteiger partial charge in [0.1, 0.15) is 0 Å². The summed E-state index contributed by atoms with van der Waals surface area (Å²) in [4.78, 5) is 28.8. The molecule has 2 amide bonds. The molecule has 2 unspecified atom stereocenters. The molecule has 2 N–H and O–H groups in total. The third kappa shape index (κ3) is 4.56. The molecule has 0 aliphatic carbocycles. The summed E-state index contributed by atoms with van der Waals surface area (Å²) in [6.07, 6.45) is -0.623. The Morgan fingerprint density at radius 1 is 1.24 bits per heavy atom. The Labute approximate surface area is 177 Å². The van der Waals surface area contributed by atoms with E-state index in [4.69, 9.17) is 16.3 Å². The van der Waals surface area contributed by atoms with Gasteiger partial charge in [-0.1, -0.05) is 29.0 Å². The number of β-amino-alcohol motifs (C(OH)–C–C–N with tert-alkyl or cyclic N) is 1. The van der Waals surface area contributed by atoms with E-state index in [0.717, 1.165) is 30.8 Å². The standard InChI is InChI=1S/C20H22ClN3O4S/c1-23-7-6-12-8-13(2-3-14(12)9-23)19(26)24-10-15(16(25)11-24)22-20(27)28-18-5-4-17(21)29-18/h2-5,8,15-16,25H,6-7,9-11H2,1H3,(H,22,27). The van der Waals surface area contributed by atoms with Gasteiger partial charge in [-0.2, -0.15) is 0 Å². The van der Waals surface area contributed by atoms with E-state index in [1.165, 1.54) is 11.1 Å². The molecule has 0 radical (unpaired) electrons. The normalized spacial score (nSPS) is 21.7. The van der Waals surface area contributed by atoms with E-state index in [0.29, 0.717) is 15.0 Å². The van der Waals surface area contributed by atoms with E-state index in [2.05, 4.69) is 17.3 Å². The van der Waals surface area contributed by atoms with Crippen LogP contribution in [0.25, 0.3) is 0 Å². The lowest BCUT2D eigenvalue weighted by molar-refractivity contribution is 0.0764. The second-order valence-electron chi connectivity index (χ2n) is 7.45. The number of aliphatic hydroxyl groups is 1. The molecule has 1 aromatic carbocycles. The molecule has 154 valence electrons. The van der Waals surface area contributed by atoms with Gasteiger partial charge in [0.2, 0.25) is 0 Å². The van der Waals surface area contributed by atoms with Crippen LogP contribution in [0.15, 0.2) is 30.3 Å². The SMILES string of the molecule is CN1CCc2cc(C(=O)N3CC(O)C(NC(=O)Oc4ccc(Cl)s4)C3)ccc2C1. The Kier molecular flexibility index (Phi) is 5.78. The van der Waals surface area contributed by atoms with Crippen molar-refractivity contribution >= 4 is 34.9 Å². The van der Waals surface area contributed by atoms with Crippen molar-refractivity contribution in [1.29, 1.82) is 0 Å². The summed E-state index contributed by atoms with van der Waals surface area (Å²) < 4.78 is 5.68. The van der Waals surface area contributed by atoms with Gasteiger partial charge in [-0.05, 0) is 48.9 Å². The van der Waals surface area contributed by atoms with Crippen LogP contribution in [-0.4, -0.2) is 65.7 Å². The number of nitrogens with zero attached hydrogens (tertiary/aromatic N) is 2. The minimum Gasteiger partial charge on any atom is -0.399 e. The first-order chi connectivity index (χ1) is 13.9. The van der Waals surface area contributed by atoms with Crippen molar-refractivity contribution in [2.45, 2.75) is 25.1 Å². The predicted octanol–water partition coefficient (Wildman–Crippen LogP) is 2.36. The molecule has 0 saturated carbocycles. The number of ether oxygens (including phenoxy) is 1. The molecule has 2 aliphatic rings. The Balaban J connectivity index is 1.37. The highest BCUT2D eigenvalue weighted by atomic mass is 35.5. The van der Waals surface area contributed by atoms with Gasteiger partial charge in [0.05, 0.1) is 16.5 Å². The highest BCUT2D eigenvalue weighted by molar-refractivity contribution is 7.17. The third-order valence-electron chi connectivity index (χ3n) is 5.28. The Hall–Kier alpha value is -2.13. The molecule has 7 nitrogen and oxygen atoms in total. The molecule has 2 atom stereocenters. The second kappa shape index (κ2) is 8.31. The molecular weight excluding hydrogens is 414 g/mol. The van der Waals surface area contributed by atoms with Crippen molar-refractivity contribution < 1.29 is 19.4 Å². The van der Waals surface area contributed by atoms with E-state index >= 15 is 0 Å². The maximum atomic E-state index is 12.9. The molecule has 29 heavy (non-hydrogen) atoms. The summed E-state index contributed by atoms with van der Waals surface area (Å²) in [5.74, 6) is -0.145. The van der Waals surface area contributed by atoms with Crippen LogP contribution in [0.1, 0.15) is 21.5 Å². The summed E-state index contributed by atoms with van der Waals surface area (Å²) in [6, 6.07) is 8.43. The number of carbonyl (C=O) groups is 2. The van der Waals surface area contributed by atoms with Gasteiger partial charge >= 0.3 is 6.09 Å². The maximum absolute atomic E-state index is 12.9. The molecule has 1 saturated heterocycles. The maximum Gasteiger partial charge on any atom is 0.413 e. The van der Waals surface area contributed by atoms with Gasteiger partial charge in [0.25, 0.3) is 5.91 Å². The van der Waals surface area contributed by atoms with E-state index in [1.54, 1.807) is 17.0 Å². The van der Waals surface area contributed by atoms with Crippen LogP contribution in [0.2, 0.25) is 4.34 Å². The monoisotopic (exact) mass is 435 g/mol. The van der Waals surface area contributed by atoms with Crippen molar-refractivity contribution in [2.24, 2.45) is 0 Å². The predicted molar refractivity (Wildman–Crippen MR) is 111 cm³/mol. The number of likely N-dealkylation sites (N-methyl/N-ethyl adjacent to an activating group) is 1. The molecule has 2 aliphatic heterocycles. The second-order valence-corrected chi connectivity index (χ2v) is 9.13. The molecular formula is C20H22ClN3O4S. The zero-order chi connectivity index (χ0) is 20.5. The zero-order valence-electron chi connectivity index (χ0n) is 15.9. The largest absolute Gasteiger partial charge is 0.413 e. The van der Waals surface area contributed by atoms with E-state index in [9.17, 15) is 14.7 Å². The van der Waals surface area contributed by atoms with Crippen LogP contribution >= 0.6 is 22.9 Å². The summed E-state index contributed by atoms with van der Waals surface area (Å²) in [5.41, 5.74) is 3.05. The number of nitrogens with one attached hydrogen (secondary N) is 1. The van der Waals surface area contributed by atoms with E-state index in [1.807, 2.05) is 18.2 Å². The van der Waals surface area contributed by atoms with Crippen molar-refractivity contribution in [3.8, 4) is 5.06 Å². The topological polar surface area (TPSA) is 82.1 Å². The fraction of sp³-hybridized carbons (Fsp3) is 0.400. The lowest BCUT2D eigenvalue weighted by Gasteiger charge is -2.25. The van der Waals surface area contributed by atoms with Crippen molar-refractivity contribution in [3.63, 3.8) is 0 Å². The molecule has 0 bridgehead atoms. The van der Waals surface area contributed by atoms with Gasteiger partial charge in [-0.15, -0.1) is 0 Å². The van der Waals surface area contributed by atoms with Gasteiger partial charge in [-0.25, -0.2) is 4.79 Å². The minimum absolute atomic E-state index is 0.145. The average Bonchev–Trinajstić information content (AvgIpc) is 3.26. The van der Waals surface area contributed by atoms with Crippen molar-refractivity contribution in [2.75, 3.05) is 26.7 Å². The third-order valence-corrected chi connectivity index (χ3v) is 6.39. The number of hydrogen-bond acceptors (Lipinski definition) is 6. The number of amides is 2. The van der Waals surface area contributed by atoms with E-state index < -0.39 is 18.2 Å². The fourth-order valence-electron chi connectivity index (χ4n) is 3.73. The molecule has 1 fully saturated rings. The van der Waals surface area contributed by atoms with Gasteiger partial charge in [0, 0.05) is 31.7 Å². The minimum atomic E-state index is -0.857. The highest BCUT2D eigenvalue weighted by Crippen LogP contribution is 2.28. The lowest BCUT2D eigenvalue weighted by atomic mass is 9.97. The Morgan fingerprint density at radius 3 is 2.83 bits per heavy atom.